The van der Waals surface area contributed by atoms with E-state index < -0.39 is 0 Å². The monoisotopic (exact) mass is 336 g/mol. The highest BCUT2D eigenvalue weighted by Gasteiger charge is 2.19. The third kappa shape index (κ3) is 3.57. The van der Waals surface area contributed by atoms with Gasteiger partial charge in [-0.15, -0.1) is 0 Å². The van der Waals surface area contributed by atoms with E-state index in [4.69, 9.17) is 23.2 Å². The molecule has 0 aliphatic heterocycles. The Balaban J connectivity index is 2.39. The average Bonchev–Trinajstić information content (AvgIpc) is 2.44. The van der Waals surface area contributed by atoms with E-state index in [1.807, 2.05) is 19.1 Å². The fourth-order valence-corrected chi connectivity index (χ4v) is 2.61. The van der Waals surface area contributed by atoms with Gasteiger partial charge in [-0.05, 0) is 47.9 Å². The van der Waals surface area contributed by atoms with Crippen LogP contribution in [0.1, 0.15) is 31.9 Å². The summed E-state index contributed by atoms with van der Waals surface area (Å²) in [5.74, 6) is 0.135. The number of allylic oxidation sites excluding steroid dienone is 2. The normalized spacial score (nSPS) is 12.5. The number of halogens is 2. The van der Waals surface area contributed by atoms with Crippen molar-refractivity contribution in [3.05, 3.63) is 63.6 Å². The standard InChI is InChI=1S/C18H18Cl2O2/c1-11(12-4-6-14(19)16(21)8-12)10-18(2,3)13-5-7-15(20)17(22)9-13/h4-10,21-22H,1-3H3. The molecular weight excluding hydrogens is 319 g/mol. The molecule has 0 bridgehead atoms. The summed E-state index contributed by atoms with van der Waals surface area (Å²) >= 11 is 11.7. The fraction of sp³-hybridized carbons (Fsp3) is 0.222. The lowest BCUT2D eigenvalue weighted by Gasteiger charge is -2.23. The minimum Gasteiger partial charge on any atom is -0.506 e. The van der Waals surface area contributed by atoms with Crippen LogP contribution in [0.4, 0.5) is 0 Å². The first-order valence-corrected chi connectivity index (χ1v) is 7.63. The van der Waals surface area contributed by atoms with Gasteiger partial charge in [-0.1, -0.05) is 55.3 Å². The molecule has 0 aliphatic carbocycles. The van der Waals surface area contributed by atoms with Crippen molar-refractivity contribution in [2.45, 2.75) is 26.2 Å². The van der Waals surface area contributed by atoms with E-state index in [9.17, 15) is 10.2 Å². The third-order valence-corrected chi connectivity index (χ3v) is 4.31. The first kappa shape index (κ1) is 16.7. The van der Waals surface area contributed by atoms with Crippen LogP contribution >= 0.6 is 23.2 Å². The van der Waals surface area contributed by atoms with Gasteiger partial charge >= 0.3 is 0 Å². The zero-order valence-electron chi connectivity index (χ0n) is 12.7. The third-order valence-electron chi connectivity index (χ3n) is 3.67. The zero-order chi connectivity index (χ0) is 16.5. The maximum Gasteiger partial charge on any atom is 0.134 e. The van der Waals surface area contributed by atoms with E-state index in [0.29, 0.717) is 10.0 Å². The van der Waals surface area contributed by atoms with Crippen LogP contribution in [0.25, 0.3) is 5.57 Å². The lowest BCUT2D eigenvalue weighted by molar-refractivity contribution is 0.473. The Bertz CT molecular complexity index is 734. The van der Waals surface area contributed by atoms with Crippen LogP contribution in [0.3, 0.4) is 0 Å². The van der Waals surface area contributed by atoms with Gasteiger partial charge in [0.05, 0.1) is 10.0 Å². The summed E-state index contributed by atoms with van der Waals surface area (Å²) in [4.78, 5) is 0. The summed E-state index contributed by atoms with van der Waals surface area (Å²) in [5.41, 5.74) is 2.55. The van der Waals surface area contributed by atoms with E-state index in [1.54, 1.807) is 24.3 Å². The van der Waals surface area contributed by atoms with Crippen molar-refractivity contribution in [1.82, 2.24) is 0 Å². The van der Waals surface area contributed by atoms with Gasteiger partial charge in [0.25, 0.3) is 0 Å². The molecule has 0 aliphatic rings. The first-order valence-electron chi connectivity index (χ1n) is 6.88. The van der Waals surface area contributed by atoms with Crippen molar-refractivity contribution in [3.63, 3.8) is 0 Å². The Labute approximate surface area is 140 Å². The van der Waals surface area contributed by atoms with Crippen molar-refractivity contribution in [1.29, 1.82) is 0 Å². The maximum absolute atomic E-state index is 9.78. The van der Waals surface area contributed by atoms with Gasteiger partial charge < -0.3 is 10.2 Å². The Morgan fingerprint density at radius 1 is 0.955 bits per heavy atom. The van der Waals surface area contributed by atoms with Gasteiger partial charge in [0, 0.05) is 5.41 Å². The van der Waals surface area contributed by atoms with Crippen molar-refractivity contribution < 1.29 is 10.2 Å². The first-order chi connectivity index (χ1) is 10.2. The Morgan fingerprint density at radius 3 is 2.05 bits per heavy atom. The predicted octanol–water partition coefficient (Wildman–Crippen LogP) is 5.79. The summed E-state index contributed by atoms with van der Waals surface area (Å²) in [6.07, 6.45) is 2.08. The van der Waals surface area contributed by atoms with Crippen molar-refractivity contribution in [3.8, 4) is 11.5 Å². The molecule has 0 radical (unpaired) electrons. The molecule has 0 saturated heterocycles. The Morgan fingerprint density at radius 2 is 1.50 bits per heavy atom. The molecule has 0 atom stereocenters. The molecule has 0 heterocycles. The quantitative estimate of drug-likeness (QED) is 0.745. The number of phenolic OH excluding ortho intramolecular Hbond substituents is 2. The number of hydrogen-bond acceptors (Lipinski definition) is 2. The number of rotatable bonds is 3. The molecule has 2 nitrogen and oxygen atoms in total. The molecule has 0 spiro atoms. The molecule has 116 valence electrons. The lowest BCUT2D eigenvalue weighted by atomic mass is 9.82. The lowest BCUT2D eigenvalue weighted by Crippen LogP contribution is -2.14. The SMILES string of the molecule is CC(=CC(C)(C)c1ccc(Cl)c(O)c1)c1ccc(Cl)c(O)c1. The predicted molar refractivity (Wildman–Crippen MR) is 92.9 cm³/mol. The molecule has 0 unspecified atom stereocenters. The highest BCUT2D eigenvalue weighted by Crippen LogP contribution is 2.34. The largest absolute Gasteiger partial charge is 0.506 e. The van der Waals surface area contributed by atoms with Crippen LogP contribution in [0.2, 0.25) is 10.0 Å². The Hall–Kier alpha value is -1.64. The summed E-state index contributed by atoms with van der Waals surface area (Å²) in [6, 6.07) is 10.4. The van der Waals surface area contributed by atoms with Crippen LogP contribution in [-0.4, -0.2) is 10.2 Å². The van der Waals surface area contributed by atoms with Crippen molar-refractivity contribution in [2.75, 3.05) is 0 Å². The Kier molecular flexibility index (Phi) is 4.74. The molecule has 0 saturated carbocycles. The number of phenols is 2. The van der Waals surface area contributed by atoms with Crippen LogP contribution < -0.4 is 0 Å². The van der Waals surface area contributed by atoms with Crippen molar-refractivity contribution in [2.24, 2.45) is 0 Å². The molecule has 4 heteroatoms. The molecule has 0 fully saturated rings. The smallest absolute Gasteiger partial charge is 0.134 e. The van der Waals surface area contributed by atoms with Gasteiger partial charge in [-0.3, -0.25) is 0 Å². The second kappa shape index (κ2) is 6.23. The van der Waals surface area contributed by atoms with Gasteiger partial charge in [-0.2, -0.15) is 0 Å². The summed E-state index contributed by atoms with van der Waals surface area (Å²) in [6.45, 7) is 6.07. The van der Waals surface area contributed by atoms with Gasteiger partial charge in [0.2, 0.25) is 0 Å². The van der Waals surface area contributed by atoms with Gasteiger partial charge in [0.15, 0.2) is 0 Å². The molecule has 2 N–H and O–H groups in total. The molecule has 0 aromatic heterocycles. The molecular formula is C18H18Cl2O2. The molecule has 2 aromatic rings. The van der Waals surface area contributed by atoms with Crippen LogP contribution in [-0.2, 0) is 5.41 Å². The van der Waals surface area contributed by atoms with Gasteiger partial charge in [-0.25, -0.2) is 0 Å². The van der Waals surface area contributed by atoms with Crippen molar-refractivity contribution >= 4 is 28.8 Å². The number of benzene rings is 2. The molecule has 2 rings (SSSR count). The molecule has 22 heavy (non-hydrogen) atoms. The van der Waals surface area contributed by atoms with Crippen LogP contribution in [0.5, 0.6) is 11.5 Å². The van der Waals surface area contributed by atoms with E-state index in [0.717, 1.165) is 16.7 Å². The second-order valence-electron chi connectivity index (χ2n) is 5.88. The topological polar surface area (TPSA) is 40.5 Å². The van der Waals surface area contributed by atoms with E-state index in [1.165, 1.54) is 0 Å². The zero-order valence-corrected chi connectivity index (χ0v) is 14.2. The second-order valence-corrected chi connectivity index (χ2v) is 6.70. The highest BCUT2D eigenvalue weighted by atomic mass is 35.5. The summed E-state index contributed by atoms with van der Waals surface area (Å²) in [7, 11) is 0. The number of aromatic hydroxyl groups is 2. The van der Waals surface area contributed by atoms with Crippen LogP contribution in [0, 0.1) is 0 Å². The minimum absolute atomic E-state index is 0.0638. The van der Waals surface area contributed by atoms with E-state index in [-0.39, 0.29) is 16.9 Å². The summed E-state index contributed by atoms with van der Waals surface area (Å²) < 4.78 is 0. The maximum atomic E-state index is 9.78. The minimum atomic E-state index is -0.304. The summed E-state index contributed by atoms with van der Waals surface area (Å²) in [5, 5.41) is 20.2. The van der Waals surface area contributed by atoms with Crippen LogP contribution in [0.15, 0.2) is 42.5 Å². The highest BCUT2D eigenvalue weighted by molar-refractivity contribution is 6.32. The van der Waals surface area contributed by atoms with Gasteiger partial charge in [0.1, 0.15) is 11.5 Å². The molecule has 0 amide bonds. The number of hydrogen-bond donors (Lipinski definition) is 2. The van der Waals surface area contributed by atoms with E-state index >= 15 is 0 Å². The van der Waals surface area contributed by atoms with E-state index in [2.05, 4.69) is 19.9 Å². The molecule has 2 aromatic carbocycles. The average molecular weight is 337 g/mol. The fourth-order valence-electron chi connectivity index (χ4n) is 2.38.